The number of carbonyl (C=O) groups is 3. The molecule has 1 aromatic heterocycles. The molecule has 5 rings (SSSR count). The highest BCUT2D eigenvalue weighted by Gasteiger charge is 2.51. The fourth-order valence-electron chi connectivity index (χ4n) is 5.09. The van der Waals surface area contributed by atoms with Crippen LogP contribution in [0.1, 0.15) is 52.9 Å². The van der Waals surface area contributed by atoms with E-state index in [1.807, 2.05) is 12.2 Å². The normalized spacial score (nSPS) is 30.1. The molecule has 4 aliphatic rings. The van der Waals surface area contributed by atoms with Crippen LogP contribution in [0.3, 0.4) is 0 Å². The zero-order chi connectivity index (χ0) is 19.4. The van der Waals surface area contributed by atoms with Crippen LogP contribution in [0.2, 0.25) is 0 Å². The molecule has 2 saturated carbocycles. The van der Waals surface area contributed by atoms with Crippen LogP contribution in [-0.2, 0) is 22.4 Å². The first-order chi connectivity index (χ1) is 13.5. The summed E-state index contributed by atoms with van der Waals surface area (Å²) >= 11 is 1.50. The van der Waals surface area contributed by atoms with E-state index in [0.717, 1.165) is 50.5 Å². The van der Waals surface area contributed by atoms with Crippen LogP contribution >= 0.6 is 11.3 Å². The molecule has 4 unspecified atom stereocenters. The van der Waals surface area contributed by atoms with Crippen LogP contribution in [0.15, 0.2) is 12.2 Å². The monoisotopic (exact) mass is 400 g/mol. The van der Waals surface area contributed by atoms with Gasteiger partial charge in [0.1, 0.15) is 5.00 Å². The number of aliphatic carboxylic acids is 1. The maximum absolute atomic E-state index is 13.1. The highest BCUT2D eigenvalue weighted by molar-refractivity contribution is 7.17. The van der Waals surface area contributed by atoms with Crippen molar-refractivity contribution in [2.24, 2.45) is 23.7 Å². The molecule has 0 aliphatic heterocycles. The molecule has 0 radical (unpaired) electrons. The van der Waals surface area contributed by atoms with Gasteiger partial charge >= 0.3 is 5.97 Å². The topological polar surface area (TPSA) is 95.5 Å². The number of hydrogen-bond acceptors (Lipinski definition) is 4. The lowest BCUT2D eigenvalue weighted by atomic mass is 9.82. The van der Waals surface area contributed by atoms with Gasteiger partial charge in [-0.05, 0) is 62.3 Å². The predicted octanol–water partition coefficient (Wildman–Crippen LogP) is 2.98. The molecule has 1 aromatic rings. The zero-order valence-electron chi connectivity index (χ0n) is 15.6. The summed E-state index contributed by atoms with van der Waals surface area (Å²) in [4.78, 5) is 38.9. The average Bonchev–Trinajstić information content (AvgIpc) is 3.10. The van der Waals surface area contributed by atoms with Crippen molar-refractivity contribution < 1.29 is 19.5 Å². The number of amides is 2. The van der Waals surface area contributed by atoms with Gasteiger partial charge in [0, 0.05) is 10.9 Å². The molecule has 0 spiro atoms. The van der Waals surface area contributed by atoms with Gasteiger partial charge in [-0.2, -0.15) is 0 Å². The van der Waals surface area contributed by atoms with Gasteiger partial charge in [-0.1, -0.05) is 12.2 Å². The Bertz CT molecular complexity index is 885. The van der Waals surface area contributed by atoms with E-state index in [1.165, 1.54) is 16.2 Å². The van der Waals surface area contributed by atoms with Crippen LogP contribution in [0.4, 0.5) is 5.00 Å². The molecule has 148 valence electrons. The Hall–Kier alpha value is -2.15. The Morgan fingerprint density at radius 3 is 2.46 bits per heavy atom. The SMILES string of the molecule is O=C(NC1CC1)c1c(NC(=O)C2C3C=CC(C3)C2C(=O)O)sc2c1CCCC2. The van der Waals surface area contributed by atoms with Crippen molar-refractivity contribution in [1.82, 2.24) is 5.32 Å². The molecule has 2 amide bonds. The third-order valence-corrected chi connectivity index (χ3v) is 7.80. The molecule has 0 aromatic carbocycles. The molecule has 2 bridgehead atoms. The summed E-state index contributed by atoms with van der Waals surface area (Å²) < 4.78 is 0. The molecule has 3 N–H and O–H groups in total. The third kappa shape index (κ3) is 2.96. The van der Waals surface area contributed by atoms with E-state index < -0.39 is 17.8 Å². The minimum absolute atomic E-state index is 0.0237. The fraction of sp³-hybridized carbons (Fsp3) is 0.571. The van der Waals surface area contributed by atoms with Crippen molar-refractivity contribution in [1.29, 1.82) is 0 Å². The second-order valence-corrected chi connectivity index (χ2v) is 9.60. The second-order valence-electron chi connectivity index (χ2n) is 8.49. The predicted molar refractivity (Wildman–Crippen MR) is 105 cm³/mol. The minimum atomic E-state index is -0.908. The first kappa shape index (κ1) is 17.9. The third-order valence-electron chi connectivity index (χ3n) is 6.59. The first-order valence-electron chi connectivity index (χ1n) is 10.2. The van der Waals surface area contributed by atoms with E-state index >= 15 is 0 Å². The smallest absolute Gasteiger partial charge is 0.307 e. The summed E-state index contributed by atoms with van der Waals surface area (Å²) in [6.07, 6.45) is 10.6. The highest BCUT2D eigenvalue weighted by atomic mass is 32.1. The number of carbonyl (C=O) groups excluding carboxylic acids is 2. The number of thiophene rings is 1. The van der Waals surface area contributed by atoms with Gasteiger partial charge in [0.2, 0.25) is 5.91 Å². The molecule has 4 atom stereocenters. The van der Waals surface area contributed by atoms with Crippen molar-refractivity contribution in [2.75, 3.05) is 5.32 Å². The van der Waals surface area contributed by atoms with Gasteiger partial charge in [-0.15, -0.1) is 11.3 Å². The highest BCUT2D eigenvalue weighted by Crippen LogP contribution is 2.49. The van der Waals surface area contributed by atoms with Crippen molar-refractivity contribution in [3.05, 3.63) is 28.2 Å². The van der Waals surface area contributed by atoms with E-state index in [9.17, 15) is 19.5 Å². The van der Waals surface area contributed by atoms with Gasteiger partial charge in [0.25, 0.3) is 5.91 Å². The van der Waals surface area contributed by atoms with E-state index in [-0.39, 0.29) is 29.7 Å². The van der Waals surface area contributed by atoms with Crippen molar-refractivity contribution in [3.8, 4) is 0 Å². The van der Waals surface area contributed by atoms with Crippen LogP contribution < -0.4 is 10.6 Å². The summed E-state index contributed by atoms with van der Waals surface area (Å²) in [5.74, 6) is -2.59. The molecular weight excluding hydrogens is 376 g/mol. The Labute approximate surface area is 167 Å². The molecule has 28 heavy (non-hydrogen) atoms. The minimum Gasteiger partial charge on any atom is -0.481 e. The standard InChI is InChI=1S/C21H24N2O4S/c24-18(15-10-5-6-11(9-10)16(15)21(26)27)23-20-17(19(25)22-12-7-8-12)13-3-1-2-4-14(13)28-20/h5-6,10-12,15-16H,1-4,7-9H2,(H,22,25)(H,23,24)(H,26,27). The molecule has 0 saturated heterocycles. The number of carboxylic acid groups (broad SMARTS) is 1. The average molecular weight is 401 g/mol. The Kier molecular flexibility index (Phi) is 4.30. The first-order valence-corrected chi connectivity index (χ1v) is 11.0. The van der Waals surface area contributed by atoms with Gasteiger partial charge in [0.05, 0.1) is 17.4 Å². The largest absolute Gasteiger partial charge is 0.481 e. The molecule has 6 nitrogen and oxygen atoms in total. The van der Waals surface area contributed by atoms with Crippen molar-refractivity contribution in [3.63, 3.8) is 0 Å². The molecule has 7 heteroatoms. The van der Waals surface area contributed by atoms with Gasteiger partial charge < -0.3 is 15.7 Å². The van der Waals surface area contributed by atoms with Gasteiger partial charge in [0.15, 0.2) is 0 Å². The van der Waals surface area contributed by atoms with E-state index in [2.05, 4.69) is 10.6 Å². The molecular formula is C21H24N2O4S. The molecule has 4 aliphatic carbocycles. The second kappa shape index (κ2) is 6.72. The zero-order valence-corrected chi connectivity index (χ0v) is 16.4. The van der Waals surface area contributed by atoms with Crippen LogP contribution in [0, 0.1) is 23.7 Å². The number of hydrogen-bond donors (Lipinski definition) is 3. The molecule has 1 heterocycles. The Balaban J connectivity index is 1.43. The number of anilines is 1. The maximum Gasteiger partial charge on any atom is 0.307 e. The molecule has 2 fully saturated rings. The van der Waals surface area contributed by atoms with Crippen molar-refractivity contribution in [2.45, 2.75) is 51.0 Å². The number of nitrogens with one attached hydrogen (secondary N) is 2. The van der Waals surface area contributed by atoms with Gasteiger partial charge in [-0.25, -0.2) is 0 Å². The van der Waals surface area contributed by atoms with Crippen LogP contribution in [0.25, 0.3) is 0 Å². The summed E-state index contributed by atoms with van der Waals surface area (Å²) in [5.41, 5.74) is 1.69. The Morgan fingerprint density at radius 2 is 1.75 bits per heavy atom. The number of allylic oxidation sites excluding steroid dienone is 2. The van der Waals surface area contributed by atoms with E-state index in [0.29, 0.717) is 10.6 Å². The van der Waals surface area contributed by atoms with Crippen LogP contribution in [0.5, 0.6) is 0 Å². The summed E-state index contributed by atoms with van der Waals surface area (Å²) in [6, 6.07) is 0.252. The quantitative estimate of drug-likeness (QED) is 0.662. The van der Waals surface area contributed by atoms with E-state index in [4.69, 9.17) is 0 Å². The van der Waals surface area contributed by atoms with E-state index in [1.54, 1.807) is 0 Å². The lowest BCUT2D eigenvalue weighted by Gasteiger charge is -2.23. The number of rotatable bonds is 5. The summed E-state index contributed by atoms with van der Waals surface area (Å²) in [6.45, 7) is 0. The maximum atomic E-state index is 13.1. The van der Waals surface area contributed by atoms with Crippen molar-refractivity contribution >= 4 is 34.1 Å². The van der Waals surface area contributed by atoms with Crippen LogP contribution in [-0.4, -0.2) is 28.9 Å². The number of carboxylic acids is 1. The fourth-order valence-corrected chi connectivity index (χ4v) is 6.38. The van der Waals surface area contributed by atoms with Gasteiger partial charge in [-0.3, -0.25) is 14.4 Å². The lowest BCUT2D eigenvalue weighted by Crippen LogP contribution is -2.36. The Morgan fingerprint density at radius 1 is 1.04 bits per heavy atom. The lowest BCUT2D eigenvalue weighted by molar-refractivity contribution is -0.146. The number of aryl methyl sites for hydroxylation is 1. The number of fused-ring (bicyclic) bond motifs is 3. The summed E-state index contributed by atoms with van der Waals surface area (Å²) in [7, 11) is 0. The summed E-state index contributed by atoms with van der Waals surface area (Å²) in [5, 5.41) is 16.3.